The molecule has 4 heteroatoms. The number of rotatable bonds is 5. The number of hydrogen-bond acceptors (Lipinski definition) is 3. The highest BCUT2D eigenvalue weighted by atomic mass is 16.6. The fourth-order valence-corrected chi connectivity index (χ4v) is 1.10. The highest BCUT2D eigenvalue weighted by molar-refractivity contribution is 5.81. The third kappa shape index (κ3) is 2.06. The van der Waals surface area contributed by atoms with Gasteiger partial charge in [-0.25, -0.2) is 0 Å². The summed E-state index contributed by atoms with van der Waals surface area (Å²) in [6, 6.07) is 0. The van der Waals surface area contributed by atoms with Crippen molar-refractivity contribution in [3.8, 4) is 0 Å². The first-order valence-electron chi connectivity index (χ1n) is 3.90. The summed E-state index contributed by atoms with van der Waals surface area (Å²) in [7, 11) is 0. The Morgan fingerprint density at radius 3 is 2.92 bits per heavy atom. The molecule has 0 aromatic carbocycles. The van der Waals surface area contributed by atoms with Gasteiger partial charge in [0, 0.05) is 0 Å². The minimum Gasteiger partial charge on any atom is -0.390 e. The van der Waals surface area contributed by atoms with E-state index in [0.29, 0.717) is 12.8 Å². The highest BCUT2D eigenvalue weighted by Gasteiger charge is 2.47. The van der Waals surface area contributed by atoms with E-state index in [2.05, 4.69) is 6.58 Å². The number of aliphatic hydroxyl groups is 1. The normalized spacial score (nSPS) is 29.4. The van der Waals surface area contributed by atoms with Crippen molar-refractivity contribution in [1.29, 1.82) is 0 Å². The second kappa shape index (κ2) is 3.69. The molecule has 0 spiro atoms. The summed E-state index contributed by atoms with van der Waals surface area (Å²) in [5.41, 5.74) is 4.96. The lowest BCUT2D eigenvalue weighted by Crippen LogP contribution is -2.25. The van der Waals surface area contributed by atoms with Crippen molar-refractivity contribution in [3.05, 3.63) is 12.7 Å². The Balaban J connectivity index is 2.23. The zero-order chi connectivity index (χ0) is 9.14. The maximum absolute atomic E-state index is 10.5. The van der Waals surface area contributed by atoms with Crippen LogP contribution in [-0.2, 0) is 9.53 Å². The predicted molar refractivity (Wildman–Crippen MR) is 43.3 cm³/mol. The number of carbonyl (C=O) groups excluding carboxylic acids is 1. The lowest BCUT2D eigenvalue weighted by molar-refractivity contribution is -0.119. The number of carbonyl (C=O) groups is 1. The Kier molecular flexibility index (Phi) is 2.83. The molecule has 0 aromatic heterocycles. The number of epoxide rings is 1. The smallest absolute Gasteiger partial charge is 0.249 e. The van der Waals surface area contributed by atoms with Crippen LogP contribution < -0.4 is 5.73 Å². The summed E-state index contributed by atoms with van der Waals surface area (Å²) in [6.45, 7) is 3.52. The van der Waals surface area contributed by atoms with Gasteiger partial charge in [-0.05, 0) is 12.8 Å². The van der Waals surface area contributed by atoms with Crippen molar-refractivity contribution in [1.82, 2.24) is 0 Å². The molecule has 3 N–H and O–H groups in total. The molecule has 3 atom stereocenters. The molecule has 4 nitrogen and oxygen atoms in total. The number of hydrogen-bond donors (Lipinski definition) is 2. The van der Waals surface area contributed by atoms with Crippen molar-refractivity contribution in [2.45, 2.75) is 31.2 Å². The van der Waals surface area contributed by atoms with Gasteiger partial charge in [0.2, 0.25) is 5.91 Å². The molecule has 12 heavy (non-hydrogen) atoms. The van der Waals surface area contributed by atoms with E-state index in [4.69, 9.17) is 10.5 Å². The molecule has 1 heterocycles. The Morgan fingerprint density at radius 1 is 1.83 bits per heavy atom. The average Bonchev–Trinajstić information content (AvgIpc) is 2.78. The van der Waals surface area contributed by atoms with Gasteiger partial charge in [-0.2, -0.15) is 0 Å². The van der Waals surface area contributed by atoms with E-state index in [1.165, 1.54) is 0 Å². The summed E-state index contributed by atoms with van der Waals surface area (Å²) >= 11 is 0. The molecule has 0 bridgehead atoms. The van der Waals surface area contributed by atoms with Crippen LogP contribution in [0.25, 0.3) is 0 Å². The molecule has 1 rings (SSSR count). The van der Waals surface area contributed by atoms with Crippen LogP contribution in [0.1, 0.15) is 12.8 Å². The molecular weight excluding hydrogens is 158 g/mol. The van der Waals surface area contributed by atoms with Crippen molar-refractivity contribution in [3.63, 3.8) is 0 Å². The van der Waals surface area contributed by atoms with E-state index in [1.807, 2.05) is 0 Å². The first kappa shape index (κ1) is 9.22. The Bertz CT molecular complexity index is 193. The number of nitrogens with two attached hydrogens (primary N) is 1. The molecule has 1 saturated heterocycles. The molecule has 68 valence electrons. The van der Waals surface area contributed by atoms with Gasteiger partial charge in [-0.1, -0.05) is 6.08 Å². The van der Waals surface area contributed by atoms with Gasteiger partial charge in [0.15, 0.2) is 6.10 Å². The van der Waals surface area contributed by atoms with E-state index in [0.717, 1.165) is 0 Å². The Hall–Kier alpha value is -0.870. The Labute approximate surface area is 71.0 Å². The maximum atomic E-state index is 10.5. The molecule has 0 radical (unpaired) electrons. The summed E-state index contributed by atoms with van der Waals surface area (Å²) in [6.07, 6.45) is 1.43. The second-order valence-corrected chi connectivity index (χ2v) is 2.86. The van der Waals surface area contributed by atoms with Crippen LogP contribution in [-0.4, -0.2) is 29.3 Å². The Morgan fingerprint density at radius 2 is 2.50 bits per heavy atom. The molecule has 1 amide bonds. The number of allylic oxidation sites excluding steroid dienone is 1. The second-order valence-electron chi connectivity index (χ2n) is 2.86. The van der Waals surface area contributed by atoms with Gasteiger partial charge < -0.3 is 15.6 Å². The molecule has 1 aliphatic heterocycles. The topological polar surface area (TPSA) is 75.8 Å². The van der Waals surface area contributed by atoms with Crippen molar-refractivity contribution < 1.29 is 14.6 Å². The van der Waals surface area contributed by atoms with E-state index >= 15 is 0 Å². The summed E-state index contributed by atoms with van der Waals surface area (Å²) < 4.78 is 4.88. The minimum absolute atomic E-state index is 0.387. The monoisotopic (exact) mass is 171 g/mol. The van der Waals surface area contributed by atoms with Gasteiger partial charge in [0.25, 0.3) is 0 Å². The molecule has 0 saturated carbocycles. The van der Waals surface area contributed by atoms with Gasteiger partial charge in [-0.15, -0.1) is 6.58 Å². The van der Waals surface area contributed by atoms with E-state index < -0.39 is 18.1 Å². The van der Waals surface area contributed by atoms with Crippen LogP contribution in [0.5, 0.6) is 0 Å². The van der Waals surface area contributed by atoms with Crippen LogP contribution in [0, 0.1) is 0 Å². The zero-order valence-corrected chi connectivity index (χ0v) is 6.77. The van der Waals surface area contributed by atoms with Crippen LogP contribution >= 0.6 is 0 Å². The van der Waals surface area contributed by atoms with Gasteiger partial charge in [0.05, 0.1) is 6.10 Å². The number of primary amides is 1. The van der Waals surface area contributed by atoms with Crippen LogP contribution in [0.4, 0.5) is 0 Å². The lowest BCUT2D eigenvalue weighted by Gasteiger charge is -2.03. The van der Waals surface area contributed by atoms with Gasteiger partial charge in [0.1, 0.15) is 6.10 Å². The molecule has 1 aliphatic rings. The molecule has 0 aromatic rings. The fourth-order valence-electron chi connectivity index (χ4n) is 1.10. The third-order valence-corrected chi connectivity index (χ3v) is 1.85. The zero-order valence-electron chi connectivity index (χ0n) is 6.77. The standard InChI is InChI=1S/C8H13NO3/c1-2-3-4-5(10)6-7(12-6)8(9)11/h2,5-7,10H,1,3-4H2,(H2,9,11)/t5-,6-,7-/m1/s1. The third-order valence-electron chi connectivity index (χ3n) is 1.85. The number of ether oxygens (including phenoxy) is 1. The SMILES string of the molecule is C=CCC[C@@H](O)[C@H]1O[C@H]1C(N)=O. The van der Waals surface area contributed by atoms with Gasteiger partial charge >= 0.3 is 0 Å². The fraction of sp³-hybridized carbons (Fsp3) is 0.625. The molecule has 1 fully saturated rings. The number of amides is 1. The van der Waals surface area contributed by atoms with Crippen LogP contribution in [0.15, 0.2) is 12.7 Å². The quantitative estimate of drug-likeness (QED) is 0.435. The maximum Gasteiger partial charge on any atom is 0.249 e. The summed E-state index contributed by atoms with van der Waals surface area (Å²) in [5.74, 6) is -0.502. The first-order chi connectivity index (χ1) is 5.66. The van der Waals surface area contributed by atoms with E-state index in [9.17, 15) is 9.90 Å². The van der Waals surface area contributed by atoms with E-state index in [-0.39, 0.29) is 6.10 Å². The van der Waals surface area contributed by atoms with Crippen molar-refractivity contribution >= 4 is 5.91 Å². The van der Waals surface area contributed by atoms with Crippen LogP contribution in [0.2, 0.25) is 0 Å². The first-order valence-corrected chi connectivity index (χ1v) is 3.90. The summed E-state index contributed by atoms with van der Waals surface area (Å²) in [4.78, 5) is 10.5. The van der Waals surface area contributed by atoms with Crippen LogP contribution in [0.3, 0.4) is 0 Å². The lowest BCUT2D eigenvalue weighted by atomic mass is 10.1. The predicted octanol–water partition coefficient (Wildman–Crippen LogP) is -0.434. The molecule has 0 aliphatic carbocycles. The average molecular weight is 171 g/mol. The largest absolute Gasteiger partial charge is 0.390 e. The van der Waals surface area contributed by atoms with Crippen molar-refractivity contribution in [2.75, 3.05) is 0 Å². The molecule has 0 unspecified atom stereocenters. The minimum atomic E-state index is -0.597. The molecular formula is C8H13NO3. The van der Waals surface area contributed by atoms with Gasteiger partial charge in [-0.3, -0.25) is 4.79 Å². The highest BCUT2D eigenvalue weighted by Crippen LogP contribution is 2.27. The van der Waals surface area contributed by atoms with E-state index in [1.54, 1.807) is 6.08 Å². The number of aliphatic hydroxyl groups excluding tert-OH is 1. The van der Waals surface area contributed by atoms with Crippen molar-refractivity contribution in [2.24, 2.45) is 5.73 Å². The summed E-state index contributed by atoms with van der Waals surface area (Å²) in [5, 5.41) is 9.36.